The Morgan fingerprint density at radius 1 is 1.25 bits per heavy atom. The molecule has 5 heteroatoms. The molecule has 2 heterocycles. The molecule has 0 fully saturated rings. The highest BCUT2D eigenvalue weighted by atomic mass is 19.1. The Kier molecular flexibility index (Phi) is 3.10. The monoisotopic (exact) mass is 271 g/mol. The van der Waals surface area contributed by atoms with E-state index in [2.05, 4.69) is 9.97 Å². The van der Waals surface area contributed by atoms with Crippen LogP contribution in [0.25, 0.3) is 11.4 Å². The van der Waals surface area contributed by atoms with Crippen molar-refractivity contribution in [1.29, 1.82) is 0 Å². The zero-order valence-electron chi connectivity index (χ0n) is 11.0. The van der Waals surface area contributed by atoms with Gasteiger partial charge in [-0.2, -0.15) is 0 Å². The number of hydrogen-bond donors (Lipinski definition) is 1. The molecule has 0 radical (unpaired) electrons. The van der Waals surface area contributed by atoms with E-state index < -0.39 is 0 Å². The summed E-state index contributed by atoms with van der Waals surface area (Å²) >= 11 is 0. The minimum atomic E-state index is -0.245. The zero-order chi connectivity index (χ0) is 14.1. The van der Waals surface area contributed by atoms with Crippen LogP contribution in [-0.2, 0) is 13.0 Å². The van der Waals surface area contributed by atoms with Crippen LogP contribution in [0, 0.1) is 12.7 Å². The normalized spacial score (nSPS) is 11.1. The first-order valence-electron chi connectivity index (χ1n) is 6.39. The number of nitrogens with zero attached hydrogens (tertiary/aromatic N) is 3. The highest BCUT2D eigenvalue weighted by Crippen LogP contribution is 2.29. The van der Waals surface area contributed by atoms with Gasteiger partial charge in [-0.3, -0.25) is 0 Å². The summed E-state index contributed by atoms with van der Waals surface area (Å²) in [6.07, 6.45) is 2.27. The third-order valence-corrected chi connectivity index (χ3v) is 3.26. The zero-order valence-corrected chi connectivity index (χ0v) is 11.0. The Balaban J connectivity index is 1.82. The third-order valence-electron chi connectivity index (χ3n) is 3.26. The Morgan fingerprint density at radius 3 is 2.75 bits per heavy atom. The fourth-order valence-corrected chi connectivity index (χ4v) is 2.19. The summed E-state index contributed by atoms with van der Waals surface area (Å²) < 4.78 is 14.5. The van der Waals surface area contributed by atoms with Gasteiger partial charge in [-0.05, 0) is 37.1 Å². The van der Waals surface area contributed by atoms with Gasteiger partial charge in [0.05, 0.1) is 11.9 Å². The van der Waals surface area contributed by atoms with Gasteiger partial charge in [0.15, 0.2) is 5.82 Å². The number of aromatic nitrogens is 3. The molecule has 1 N–H and O–H groups in total. The summed E-state index contributed by atoms with van der Waals surface area (Å²) in [6, 6.07) is 8.17. The number of aryl methyl sites for hydroxylation is 3. The summed E-state index contributed by atoms with van der Waals surface area (Å²) in [6.45, 7) is 2.44. The number of aromatic hydroxyl groups is 1. The van der Waals surface area contributed by atoms with Crippen LogP contribution in [0.1, 0.15) is 11.3 Å². The second-order valence-corrected chi connectivity index (χ2v) is 4.77. The first-order valence-corrected chi connectivity index (χ1v) is 6.39. The van der Waals surface area contributed by atoms with E-state index in [4.69, 9.17) is 0 Å². The number of benzene rings is 1. The molecule has 4 nitrogen and oxygen atoms in total. The van der Waals surface area contributed by atoms with Crippen molar-refractivity contribution in [2.75, 3.05) is 0 Å². The van der Waals surface area contributed by atoms with Gasteiger partial charge in [-0.25, -0.2) is 14.4 Å². The van der Waals surface area contributed by atoms with E-state index in [1.165, 1.54) is 12.1 Å². The van der Waals surface area contributed by atoms with Crippen molar-refractivity contribution in [2.24, 2.45) is 0 Å². The molecule has 2 aliphatic heterocycles. The molecule has 3 rings (SSSR count). The largest absolute Gasteiger partial charge is 0.494 e. The summed E-state index contributed by atoms with van der Waals surface area (Å²) in [5.74, 6) is 0.474. The van der Waals surface area contributed by atoms with Gasteiger partial charge < -0.3 is 9.67 Å². The quantitative estimate of drug-likeness (QED) is 0.797. The van der Waals surface area contributed by atoms with Gasteiger partial charge in [0, 0.05) is 12.2 Å². The molecule has 102 valence electrons. The van der Waals surface area contributed by atoms with E-state index in [-0.39, 0.29) is 11.7 Å². The van der Waals surface area contributed by atoms with Crippen molar-refractivity contribution < 1.29 is 9.50 Å². The Bertz CT molecular complexity index is 706. The van der Waals surface area contributed by atoms with Gasteiger partial charge in [-0.15, -0.1) is 0 Å². The average molecular weight is 271 g/mol. The minimum Gasteiger partial charge on any atom is -0.494 e. The fraction of sp³-hybridized carbons (Fsp3) is 0.200. The van der Waals surface area contributed by atoms with Gasteiger partial charge in [-0.1, -0.05) is 12.1 Å². The molecular weight excluding hydrogens is 257 g/mol. The predicted octanol–water partition coefficient (Wildman–Crippen LogP) is 2.78. The standard InChI is InChI=1S/C15H14FN3O/c1-10-8-13-14(18-10)17-9-19(15(13)20)7-6-11-2-4-12(16)5-3-11/h2-5,8-9,20H,6-7H2,1H3. The van der Waals surface area contributed by atoms with Crippen molar-refractivity contribution in [2.45, 2.75) is 19.9 Å². The SMILES string of the molecule is Cc1cc2c(O)n(CCc3ccc(F)cc3)cnc-2n1. The molecule has 1 aromatic carbocycles. The summed E-state index contributed by atoms with van der Waals surface area (Å²) in [5.41, 5.74) is 2.50. The Labute approximate surface area is 115 Å². The van der Waals surface area contributed by atoms with Crippen LogP contribution in [0.5, 0.6) is 5.88 Å². The smallest absolute Gasteiger partial charge is 0.203 e. The lowest BCUT2D eigenvalue weighted by Gasteiger charge is -2.11. The van der Waals surface area contributed by atoms with Crippen molar-refractivity contribution in [3.63, 3.8) is 0 Å². The van der Waals surface area contributed by atoms with Crippen LogP contribution >= 0.6 is 0 Å². The van der Waals surface area contributed by atoms with E-state index in [0.717, 1.165) is 11.3 Å². The van der Waals surface area contributed by atoms with Crippen molar-refractivity contribution in [3.05, 3.63) is 53.7 Å². The summed E-state index contributed by atoms with van der Waals surface area (Å²) in [5, 5.41) is 10.2. The van der Waals surface area contributed by atoms with Crippen LogP contribution in [0.4, 0.5) is 4.39 Å². The number of halogens is 1. The van der Waals surface area contributed by atoms with Crippen molar-refractivity contribution in [3.8, 4) is 17.3 Å². The first kappa shape index (κ1) is 12.6. The van der Waals surface area contributed by atoms with E-state index in [9.17, 15) is 9.50 Å². The van der Waals surface area contributed by atoms with E-state index in [1.54, 1.807) is 23.0 Å². The summed E-state index contributed by atoms with van der Waals surface area (Å²) in [7, 11) is 0. The van der Waals surface area contributed by atoms with E-state index >= 15 is 0 Å². The molecule has 0 unspecified atom stereocenters. The molecule has 0 amide bonds. The lowest BCUT2D eigenvalue weighted by Crippen LogP contribution is -2.05. The topological polar surface area (TPSA) is 50.9 Å². The van der Waals surface area contributed by atoms with Crippen LogP contribution in [0.15, 0.2) is 36.7 Å². The lowest BCUT2D eigenvalue weighted by molar-refractivity contribution is 0.410. The molecule has 2 aliphatic rings. The van der Waals surface area contributed by atoms with Crippen LogP contribution in [0.3, 0.4) is 0 Å². The van der Waals surface area contributed by atoms with Gasteiger partial charge in [0.1, 0.15) is 5.82 Å². The van der Waals surface area contributed by atoms with Gasteiger partial charge in [0.25, 0.3) is 0 Å². The maximum absolute atomic E-state index is 12.8. The van der Waals surface area contributed by atoms with Crippen LogP contribution in [-0.4, -0.2) is 19.6 Å². The molecule has 0 atom stereocenters. The molecule has 0 aliphatic carbocycles. The molecule has 1 aromatic rings. The van der Waals surface area contributed by atoms with Gasteiger partial charge in [0.2, 0.25) is 5.88 Å². The van der Waals surface area contributed by atoms with E-state index in [1.807, 2.05) is 13.0 Å². The highest BCUT2D eigenvalue weighted by Gasteiger charge is 2.15. The Hall–Kier alpha value is -2.43. The molecule has 0 bridgehead atoms. The summed E-state index contributed by atoms with van der Waals surface area (Å²) in [4.78, 5) is 8.44. The molecule has 0 spiro atoms. The van der Waals surface area contributed by atoms with Crippen molar-refractivity contribution >= 4 is 0 Å². The second kappa shape index (κ2) is 4.92. The maximum Gasteiger partial charge on any atom is 0.203 e. The minimum absolute atomic E-state index is 0.165. The maximum atomic E-state index is 12.8. The molecule has 0 saturated heterocycles. The van der Waals surface area contributed by atoms with E-state index in [0.29, 0.717) is 24.4 Å². The van der Waals surface area contributed by atoms with Crippen LogP contribution in [0.2, 0.25) is 0 Å². The number of hydrogen-bond acceptors (Lipinski definition) is 3. The van der Waals surface area contributed by atoms with Gasteiger partial charge >= 0.3 is 0 Å². The fourth-order valence-electron chi connectivity index (χ4n) is 2.19. The molecular formula is C15H14FN3O. The third kappa shape index (κ3) is 2.34. The molecule has 0 saturated carbocycles. The number of fused-ring (bicyclic) bond motifs is 1. The lowest BCUT2D eigenvalue weighted by atomic mass is 10.1. The Morgan fingerprint density at radius 2 is 2.00 bits per heavy atom. The predicted molar refractivity (Wildman–Crippen MR) is 73.1 cm³/mol. The first-order chi connectivity index (χ1) is 9.63. The van der Waals surface area contributed by atoms with Crippen LogP contribution < -0.4 is 0 Å². The van der Waals surface area contributed by atoms with Crippen molar-refractivity contribution in [1.82, 2.24) is 14.5 Å². The highest BCUT2D eigenvalue weighted by molar-refractivity contribution is 5.64. The molecule has 20 heavy (non-hydrogen) atoms. The second-order valence-electron chi connectivity index (χ2n) is 4.77. The average Bonchev–Trinajstić information content (AvgIpc) is 2.81. The number of rotatable bonds is 3. The molecule has 0 aromatic heterocycles.